The smallest absolute Gasteiger partial charge is 0.338 e. The zero-order valence-electron chi connectivity index (χ0n) is 31.6. The summed E-state index contributed by atoms with van der Waals surface area (Å²) >= 11 is 0. The second-order valence-corrected chi connectivity index (χ2v) is 17.0. The van der Waals surface area contributed by atoms with Gasteiger partial charge in [0, 0.05) is 25.2 Å². The van der Waals surface area contributed by atoms with Gasteiger partial charge in [0.05, 0.1) is 16.9 Å². The minimum Gasteiger partial charge on any atom is -0.458 e. The minimum absolute atomic E-state index is 0.0431. The minimum atomic E-state index is -0.230. The third kappa shape index (κ3) is 7.42. The van der Waals surface area contributed by atoms with Gasteiger partial charge in [-0.3, -0.25) is 0 Å². The highest BCUT2D eigenvalue weighted by Crippen LogP contribution is 2.67. The van der Waals surface area contributed by atoms with E-state index in [-0.39, 0.29) is 17.5 Å². The number of fused-ring (bicyclic) bond motifs is 5. The van der Waals surface area contributed by atoms with Gasteiger partial charge >= 0.3 is 5.97 Å². The molecule has 4 aliphatic carbocycles. The van der Waals surface area contributed by atoms with E-state index in [0.717, 1.165) is 79.2 Å². The van der Waals surface area contributed by atoms with E-state index in [0.29, 0.717) is 11.0 Å². The third-order valence-corrected chi connectivity index (χ3v) is 13.9. The van der Waals surface area contributed by atoms with E-state index in [1.54, 1.807) is 5.57 Å². The number of ether oxygens (including phenoxy) is 1. The summed E-state index contributed by atoms with van der Waals surface area (Å²) in [5.41, 5.74) is 5.64. The van der Waals surface area contributed by atoms with Crippen LogP contribution in [-0.4, -0.2) is 25.2 Å². The number of anilines is 1. The lowest BCUT2D eigenvalue weighted by Gasteiger charge is -2.58. The zero-order valence-corrected chi connectivity index (χ0v) is 31.6. The summed E-state index contributed by atoms with van der Waals surface area (Å²) in [5, 5.41) is 8.80. The number of nitrogens with zero attached hydrogens (tertiary/aromatic N) is 3. The van der Waals surface area contributed by atoms with Crippen LogP contribution in [0.4, 0.5) is 17.1 Å². The molecule has 0 aliphatic heterocycles. The van der Waals surface area contributed by atoms with Gasteiger partial charge in [-0.05, 0) is 154 Å². The summed E-state index contributed by atoms with van der Waals surface area (Å²) in [6.07, 6.45) is 16.6. The number of benzene rings is 2. The van der Waals surface area contributed by atoms with Crippen molar-refractivity contribution < 1.29 is 9.53 Å². The van der Waals surface area contributed by atoms with Crippen LogP contribution in [0.25, 0.3) is 0 Å². The van der Waals surface area contributed by atoms with Crippen LogP contribution in [0, 0.1) is 46.3 Å². The number of hydrogen-bond donors (Lipinski definition) is 0. The van der Waals surface area contributed by atoms with Gasteiger partial charge < -0.3 is 9.64 Å². The normalized spacial score (nSPS) is 31.5. The monoisotopic (exact) mass is 665 g/mol. The number of rotatable bonds is 12. The first-order chi connectivity index (χ1) is 23.6. The van der Waals surface area contributed by atoms with Gasteiger partial charge in [-0.15, -0.1) is 0 Å². The Morgan fingerprint density at radius 2 is 1.53 bits per heavy atom. The van der Waals surface area contributed by atoms with Crippen molar-refractivity contribution >= 4 is 23.0 Å². The van der Waals surface area contributed by atoms with Gasteiger partial charge in [-0.1, -0.05) is 65.5 Å². The summed E-state index contributed by atoms with van der Waals surface area (Å²) in [5.74, 6) is 4.80. The molecule has 6 rings (SSSR count). The van der Waals surface area contributed by atoms with Gasteiger partial charge in [-0.2, -0.15) is 10.2 Å². The largest absolute Gasteiger partial charge is 0.458 e. The molecule has 3 saturated carbocycles. The maximum Gasteiger partial charge on any atom is 0.338 e. The average Bonchev–Trinajstić information content (AvgIpc) is 3.46. The maximum absolute atomic E-state index is 13.3. The van der Waals surface area contributed by atoms with Gasteiger partial charge in [-0.25, -0.2) is 4.79 Å². The second kappa shape index (κ2) is 15.1. The lowest BCUT2D eigenvalue weighted by Crippen LogP contribution is -2.51. The molecular weight excluding hydrogens is 603 g/mol. The molecular formula is C44H63N3O2. The second-order valence-electron chi connectivity index (χ2n) is 17.0. The van der Waals surface area contributed by atoms with Crippen molar-refractivity contribution in [1.29, 1.82) is 0 Å². The highest BCUT2D eigenvalue weighted by molar-refractivity contribution is 5.89. The standard InChI is InChI=1S/C44H63N3O2/c1-8-47(9-2)36-20-18-35(19-21-36)46-45-34-16-13-32(14-17-34)42(48)49-37-25-27-43(6)33(29-37)15-22-38-40-24-23-39(31(5)12-10-11-30(3)4)44(40,7)28-26-41(38)43/h13-21,30-31,37-41H,8-12,22-29H2,1-7H3/t31-,37+,38+,39-,40+,41+,43+,44-/m1/s1. The summed E-state index contributed by atoms with van der Waals surface area (Å²) in [7, 11) is 0. The van der Waals surface area contributed by atoms with E-state index < -0.39 is 0 Å². The molecule has 0 bridgehead atoms. The van der Waals surface area contributed by atoms with E-state index in [4.69, 9.17) is 4.74 Å². The lowest BCUT2D eigenvalue weighted by molar-refractivity contribution is -0.0594. The molecule has 0 aromatic heterocycles. The fourth-order valence-electron chi connectivity index (χ4n) is 11.1. The molecule has 0 saturated heterocycles. The van der Waals surface area contributed by atoms with E-state index >= 15 is 0 Å². The van der Waals surface area contributed by atoms with Crippen LogP contribution in [0.3, 0.4) is 0 Å². The SMILES string of the molecule is CCN(CC)c1ccc(N=Nc2ccc(C(=O)O[C@H]3CC[C@@]4(C)C(=CC[C@H]5[C@@H]6CC[C@H]([C@H](C)CCCC(C)C)[C@@]6(C)CC[C@@H]54)C3)cc2)cc1. The van der Waals surface area contributed by atoms with Crippen molar-refractivity contribution in [3.05, 3.63) is 65.7 Å². The Bertz CT molecular complexity index is 1470. The first-order valence-corrected chi connectivity index (χ1v) is 19.8. The molecule has 8 atom stereocenters. The first-order valence-electron chi connectivity index (χ1n) is 19.8. The van der Waals surface area contributed by atoms with Gasteiger partial charge in [0.25, 0.3) is 0 Å². The van der Waals surface area contributed by atoms with Crippen molar-refractivity contribution in [2.75, 3.05) is 18.0 Å². The van der Waals surface area contributed by atoms with Crippen LogP contribution >= 0.6 is 0 Å². The number of hydrogen-bond acceptors (Lipinski definition) is 5. The molecule has 0 amide bonds. The Labute approximate surface area is 297 Å². The van der Waals surface area contributed by atoms with Gasteiger partial charge in [0.2, 0.25) is 0 Å². The number of azo groups is 1. The van der Waals surface area contributed by atoms with E-state index in [9.17, 15) is 4.79 Å². The molecule has 0 spiro atoms. The summed E-state index contributed by atoms with van der Waals surface area (Å²) < 4.78 is 6.16. The fourth-order valence-corrected chi connectivity index (χ4v) is 11.1. The van der Waals surface area contributed by atoms with Crippen molar-refractivity contribution in [2.24, 2.45) is 56.6 Å². The molecule has 49 heavy (non-hydrogen) atoms. The molecule has 0 radical (unpaired) electrons. The predicted molar refractivity (Wildman–Crippen MR) is 203 cm³/mol. The third-order valence-electron chi connectivity index (χ3n) is 13.9. The molecule has 2 aromatic carbocycles. The Morgan fingerprint density at radius 1 is 0.857 bits per heavy atom. The van der Waals surface area contributed by atoms with E-state index in [2.05, 4.69) is 81.8 Å². The van der Waals surface area contributed by atoms with Crippen molar-refractivity contribution in [3.63, 3.8) is 0 Å². The molecule has 3 fully saturated rings. The Hall–Kier alpha value is -2.95. The van der Waals surface area contributed by atoms with Crippen LogP contribution in [-0.2, 0) is 4.74 Å². The highest BCUT2D eigenvalue weighted by Gasteiger charge is 2.59. The summed E-state index contributed by atoms with van der Waals surface area (Å²) in [6.45, 7) is 18.8. The van der Waals surface area contributed by atoms with Gasteiger partial charge in [0.15, 0.2) is 0 Å². The van der Waals surface area contributed by atoms with E-state index in [1.165, 1.54) is 57.1 Å². The molecule has 2 aromatic rings. The summed E-state index contributed by atoms with van der Waals surface area (Å²) in [4.78, 5) is 15.6. The molecule has 4 aliphatic rings. The van der Waals surface area contributed by atoms with Crippen molar-refractivity contribution in [3.8, 4) is 0 Å². The van der Waals surface area contributed by atoms with Crippen LogP contribution in [0.15, 0.2) is 70.4 Å². The number of carbonyl (C=O) groups is 1. The summed E-state index contributed by atoms with van der Waals surface area (Å²) in [6, 6.07) is 15.5. The van der Waals surface area contributed by atoms with Crippen LogP contribution in [0.5, 0.6) is 0 Å². The molecule has 266 valence electrons. The Morgan fingerprint density at radius 3 is 2.18 bits per heavy atom. The predicted octanol–water partition coefficient (Wildman–Crippen LogP) is 12.5. The topological polar surface area (TPSA) is 54.3 Å². The quantitative estimate of drug-likeness (QED) is 0.129. The van der Waals surface area contributed by atoms with Crippen LogP contribution in [0.1, 0.15) is 129 Å². The molecule has 5 heteroatoms. The van der Waals surface area contributed by atoms with Crippen molar-refractivity contribution in [1.82, 2.24) is 0 Å². The van der Waals surface area contributed by atoms with Gasteiger partial charge in [0.1, 0.15) is 6.10 Å². The zero-order chi connectivity index (χ0) is 34.8. The molecule has 0 N–H and O–H groups in total. The van der Waals surface area contributed by atoms with E-state index in [1.807, 2.05) is 36.4 Å². The van der Waals surface area contributed by atoms with Crippen LogP contribution < -0.4 is 4.90 Å². The van der Waals surface area contributed by atoms with Crippen molar-refractivity contribution in [2.45, 2.75) is 125 Å². The number of carbonyl (C=O) groups excluding carboxylic acids is 1. The fraction of sp³-hybridized carbons (Fsp3) is 0.659. The number of esters is 1. The Balaban J connectivity index is 1.04. The molecule has 0 unspecified atom stereocenters. The molecule has 0 heterocycles. The average molecular weight is 666 g/mol. The highest BCUT2D eigenvalue weighted by atomic mass is 16.5. The first kappa shape index (κ1) is 35.9. The van der Waals surface area contributed by atoms with Crippen LogP contribution in [0.2, 0.25) is 0 Å². The lowest BCUT2D eigenvalue weighted by atomic mass is 9.47. The Kier molecular flexibility index (Phi) is 11.1. The number of allylic oxidation sites excluding steroid dienone is 1. The maximum atomic E-state index is 13.3. The molecule has 5 nitrogen and oxygen atoms in total.